The minimum atomic E-state index is -0.251. The summed E-state index contributed by atoms with van der Waals surface area (Å²) < 4.78 is 13.5. The number of thiazole rings is 1. The number of hydrogen-bond acceptors (Lipinski definition) is 5. The molecule has 0 saturated carbocycles. The summed E-state index contributed by atoms with van der Waals surface area (Å²) in [6.07, 6.45) is 1.68. The molecule has 1 aromatic heterocycles. The van der Waals surface area contributed by atoms with Crippen LogP contribution in [0.25, 0.3) is 0 Å². The van der Waals surface area contributed by atoms with Crippen molar-refractivity contribution >= 4 is 47.2 Å². The van der Waals surface area contributed by atoms with Crippen LogP contribution in [0.4, 0.5) is 9.52 Å². The number of likely N-dealkylation sites (N-methyl/N-ethyl adjacent to an activating group) is 1. The molecule has 1 saturated heterocycles. The minimum Gasteiger partial charge on any atom is -0.314 e. The number of piperazine rings is 1. The Labute approximate surface area is 163 Å². The van der Waals surface area contributed by atoms with Gasteiger partial charge in [-0.3, -0.25) is 14.6 Å². The molecule has 1 fully saturated rings. The number of hydrogen-bond donors (Lipinski definition) is 1. The predicted molar refractivity (Wildman–Crippen MR) is 104 cm³/mol. The second-order valence-corrected chi connectivity index (χ2v) is 6.39. The van der Waals surface area contributed by atoms with E-state index in [1.807, 2.05) is 11.4 Å². The lowest BCUT2D eigenvalue weighted by molar-refractivity contribution is -0.120. The smallest absolute Gasteiger partial charge is 0.242 e. The molecule has 1 aromatic carbocycles. The fourth-order valence-corrected chi connectivity index (χ4v) is 3.37. The maximum Gasteiger partial charge on any atom is 0.242 e. The van der Waals surface area contributed by atoms with Gasteiger partial charge in [0.2, 0.25) is 5.91 Å². The number of nitrogens with zero attached hydrogens (tertiary/aromatic N) is 3. The third-order valence-corrected chi connectivity index (χ3v) is 4.85. The van der Waals surface area contributed by atoms with Gasteiger partial charge in [-0.1, -0.05) is 12.1 Å². The average Bonchev–Trinajstić information content (AvgIpc) is 3.09. The topological polar surface area (TPSA) is 48.5 Å². The molecule has 1 atom stereocenters. The SMILES string of the molecule is CN(C(=O)CN1CCNCC1c1cccc(F)c1)c1nccs1.Cl.Cl. The number of benzene rings is 1. The number of carbonyl (C=O) groups is 1. The molecule has 9 heteroatoms. The van der Waals surface area contributed by atoms with Gasteiger partial charge in [-0.15, -0.1) is 36.2 Å². The first-order valence-corrected chi connectivity index (χ1v) is 8.39. The summed E-state index contributed by atoms with van der Waals surface area (Å²) in [4.78, 5) is 20.3. The lowest BCUT2D eigenvalue weighted by atomic mass is 10.0. The van der Waals surface area contributed by atoms with Crippen molar-refractivity contribution in [3.8, 4) is 0 Å². The molecule has 0 radical (unpaired) electrons. The summed E-state index contributed by atoms with van der Waals surface area (Å²) in [5, 5.41) is 5.85. The van der Waals surface area contributed by atoms with Crippen LogP contribution in [0.3, 0.4) is 0 Å². The second kappa shape index (κ2) is 10.0. The van der Waals surface area contributed by atoms with E-state index in [1.165, 1.54) is 17.4 Å². The Kier molecular flexibility index (Phi) is 8.75. The molecule has 0 spiro atoms. The van der Waals surface area contributed by atoms with Gasteiger partial charge in [-0.25, -0.2) is 9.37 Å². The van der Waals surface area contributed by atoms with Gasteiger partial charge in [0.15, 0.2) is 5.13 Å². The second-order valence-electron chi connectivity index (χ2n) is 5.51. The van der Waals surface area contributed by atoms with Gasteiger partial charge in [0.25, 0.3) is 0 Å². The Morgan fingerprint density at radius 1 is 1.48 bits per heavy atom. The summed E-state index contributed by atoms with van der Waals surface area (Å²) in [6, 6.07) is 6.59. The lowest BCUT2D eigenvalue weighted by Crippen LogP contribution is -2.49. The third kappa shape index (κ3) is 5.36. The summed E-state index contributed by atoms with van der Waals surface area (Å²) in [5.74, 6) is -0.262. The molecule has 3 rings (SSSR count). The Hall–Kier alpha value is -1.25. The van der Waals surface area contributed by atoms with Crippen molar-refractivity contribution in [1.29, 1.82) is 0 Å². The van der Waals surface area contributed by atoms with E-state index in [1.54, 1.807) is 30.3 Å². The first-order chi connectivity index (χ1) is 11.1. The van der Waals surface area contributed by atoms with Crippen LogP contribution in [-0.2, 0) is 4.79 Å². The van der Waals surface area contributed by atoms with Crippen LogP contribution in [0.1, 0.15) is 11.6 Å². The van der Waals surface area contributed by atoms with Gasteiger partial charge < -0.3 is 5.32 Å². The van der Waals surface area contributed by atoms with Gasteiger partial charge in [0.1, 0.15) is 5.82 Å². The molecule has 1 amide bonds. The lowest BCUT2D eigenvalue weighted by Gasteiger charge is -2.36. The van der Waals surface area contributed by atoms with Crippen molar-refractivity contribution in [2.75, 3.05) is 38.1 Å². The van der Waals surface area contributed by atoms with E-state index in [2.05, 4.69) is 15.2 Å². The summed E-state index contributed by atoms with van der Waals surface area (Å²) >= 11 is 1.43. The molecule has 1 aliphatic rings. The number of carbonyl (C=O) groups excluding carboxylic acids is 1. The number of aromatic nitrogens is 1. The van der Waals surface area contributed by atoms with Crippen molar-refractivity contribution in [3.63, 3.8) is 0 Å². The van der Waals surface area contributed by atoms with Gasteiger partial charge in [-0.05, 0) is 17.7 Å². The fraction of sp³-hybridized carbons (Fsp3) is 0.375. The molecule has 1 aliphatic heterocycles. The van der Waals surface area contributed by atoms with Crippen LogP contribution in [0, 0.1) is 5.82 Å². The van der Waals surface area contributed by atoms with Crippen LogP contribution in [0.5, 0.6) is 0 Å². The molecule has 138 valence electrons. The largest absolute Gasteiger partial charge is 0.314 e. The molecule has 2 heterocycles. The molecule has 0 bridgehead atoms. The maximum absolute atomic E-state index is 13.5. The summed E-state index contributed by atoms with van der Waals surface area (Å²) in [6.45, 7) is 2.56. The zero-order chi connectivity index (χ0) is 16.2. The highest BCUT2D eigenvalue weighted by Gasteiger charge is 2.27. The van der Waals surface area contributed by atoms with Crippen LogP contribution in [0.15, 0.2) is 35.8 Å². The molecule has 5 nitrogen and oxygen atoms in total. The summed E-state index contributed by atoms with van der Waals surface area (Å²) in [7, 11) is 1.74. The van der Waals surface area contributed by atoms with Gasteiger partial charge in [0.05, 0.1) is 6.54 Å². The van der Waals surface area contributed by atoms with Crippen LogP contribution < -0.4 is 10.2 Å². The first kappa shape index (κ1) is 21.8. The van der Waals surface area contributed by atoms with E-state index >= 15 is 0 Å². The normalized spacial score (nSPS) is 17.3. The Morgan fingerprint density at radius 2 is 2.28 bits per heavy atom. The molecule has 1 N–H and O–H groups in total. The third-order valence-electron chi connectivity index (χ3n) is 4.01. The molecule has 1 unspecified atom stereocenters. The number of nitrogens with one attached hydrogen (secondary N) is 1. The Morgan fingerprint density at radius 3 is 2.96 bits per heavy atom. The fourth-order valence-electron chi connectivity index (χ4n) is 2.75. The monoisotopic (exact) mass is 406 g/mol. The number of anilines is 1. The van der Waals surface area contributed by atoms with E-state index in [9.17, 15) is 9.18 Å². The Balaban J connectivity index is 0.00000156. The van der Waals surface area contributed by atoms with Crippen molar-refractivity contribution < 1.29 is 9.18 Å². The van der Waals surface area contributed by atoms with Crippen molar-refractivity contribution in [3.05, 3.63) is 47.2 Å². The molecule has 2 aromatic rings. The van der Waals surface area contributed by atoms with Gasteiger partial charge >= 0.3 is 0 Å². The molecular formula is C16H21Cl2FN4OS. The number of halogens is 3. The number of amides is 1. The molecule has 0 aliphatic carbocycles. The Bertz CT molecular complexity index is 674. The van der Waals surface area contributed by atoms with Crippen LogP contribution in [-0.4, -0.2) is 49.0 Å². The van der Waals surface area contributed by atoms with Gasteiger partial charge in [0, 0.05) is 44.3 Å². The zero-order valence-electron chi connectivity index (χ0n) is 13.7. The quantitative estimate of drug-likeness (QED) is 0.847. The highest BCUT2D eigenvalue weighted by Crippen LogP contribution is 2.23. The average molecular weight is 407 g/mol. The predicted octanol–water partition coefficient (Wildman–Crippen LogP) is 2.74. The van der Waals surface area contributed by atoms with Crippen molar-refractivity contribution in [2.24, 2.45) is 0 Å². The standard InChI is InChI=1S/C16H19FN4OS.2ClH/c1-20(16-19-6-8-23-16)15(22)11-21-7-5-18-10-14(21)12-3-2-4-13(17)9-12;;/h2-4,6,8-9,14,18H,5,7,10-11H2,1H3;2*1H. The maximum atomic E-state index is 13.5. The minimum absolute atomic E-state index is 0. The zero-order valence-corrected chi connectivity index (χ0v) is 16.2. The molecule has 25 heavy (non-hydrogen) atoms. The van der Waals surface area contributed by atoms with E-state index in [-0.39, 0.29) is 42.6 Å². The van der Waals surface area contributed by atoms with Crippen molar-refractivity contribution in [1.82, 2.24) is 15.2 Å². The summed E-state index contributed by atoms with van der Waals surface area (Å²) in [5.41, 5.74) is 0.891. The number of rotatable bonds is 4. The van der Waals surface area contributed by atoms with E-state index < -0.39 is 0 Å². The van der Waals surface area contributed by atoms with Gasteiger partial charge in [-0.2, -0.15) is 0 Å². The highest BCUT2D eigenvalue weighted by atomic mass is 35.5. The highest BCUT2D eigenvalue weighted by molar-refractivity contribution is 7.13. The van der Waals surface area contributed by atoms with Crippen molar-refractivity contribution in [2.45, 2.75) is 6.04 Å². The van der Waals surface area contributed by atoms with E-state index in [0.29, 0.717) is 18.2 Å². The van der Waals surface area contributed by atoms with E-state index in [4.69, 9.17) is 0 Å². The van der Waals surface area contributed by atoms with Crippen LogP contribution >= 0.6 is 36.2 Å². The van der Waals surface area contributed by atoms with Crippen LogP contribution in [0.2, 0.25) is 0 Å². The first-order valence-electron chi connectivity index (χ1n) is 7.51. The molecular weight excluding hydrogens is 386 g/mol. The van der Waals surface area contributed by atoms with E-state index in [0.717, 1.165) is 18.7 Å².